The Kier molecular flexibility index (Phi) is 8.83. The van der Waals surface area contributed by atoms with Crippen molar-refractivity contribution in [1.29, 1.82) is 0 Å². The predicted octanol–water partition coefficient (Wildman–Crippen LogP) is 10.1. The Bertz CT molecular complexity index is 1670. The fourth-order valence-electron chi connectivity index (χ4n) is 5.01. The van der Waals surface area contributed by atoms with Gasteiger partial charge in [0.25, 0.3) is 0 Å². The lowest BCUT2D eigenvalue weighted by Crippen LogP contribution is -2.15. The van der Waals surface area contributed by atoms with E-state index in [-0.39, 0.29) is 16.6 Å². The van der Waals surface area contributed by atoms with Crippen LogP contribution in [0.15, 0.2) is 135 Å². The molecule has 0 aliphatic heterocycles. The van der Waals surface area contributed by atoms with Gasteiger partial charge in [0, 0.05) is 49.6 Å². The number of ketones is 1. The maximum absolute atomic E-state index is 14.7. The highest BCUT2D eigenvalue weighted by Gasteiger charge is 2.28. The van der Waals surface area contributed by atoms with Crippen LogP contribution in [0.3, 0.4) is 0 Å². The van der Waals surface area contributed by atoms with E-state index in [0.29, 0.717) is 22.6 Å². The van der Waals surface area contributed by atoms with E-state index in [0.717, 1.165) is 11.1 Å². The van der Waals surface area contributed by atoms with Gasteiger partial charge in [-0.2, -0.15) is 0 Å². The standard InChI is InChI=1S/C37H40N4O3P2/c1-36(2,3)29-15-17-31(33(27-29)43-45(38-19-7-8-20-38)39-21-9-10-22-39)35(42)32-18-16-30(37(4,5)6)28-34(32)44-46(40-23-11-12-24-40)41-25-13-14-26-41/h7-28H,1-6H3. The molecule has 0 saturated carbocycles. The third-order valence-corrected chi connectivity index (χ3v) is 11.1. The number of rotatable bonds is 10. The number of hydrogen-bond acceptors (Lipinski definition) is 3. The zero-order valence-corrected chi connectivity index (χ0v) is 28.9. The molecule has 4 heterocycles. The van der Waals surface area contributed by atoms with E-state index >= 15 is 0 Å². The SMILES string of the molecule is CC(C)(C)c1ccc(C(=O)c2ccc(C(C)(C)C)cc2OP(n2cccc2)n2cccc2)c(OP(n2cccc2)n2cccc2)c1. The van der Waals surface area contributed by atoms with Crippen LogP contribution in [0.2, 0.25) is 0 Å². The van der Waals surface area contributed by atoms with Crippen molar-refractivity contribution >= 4 is 22.7 Å². The quantitative estimate of drug-likeness (QED) is 0.110. The van der Waals surface area contributed by atoms with Gasteiger partial charge in [0.2, 0.25) is 5.78 Å². The largest absolute Gasteiger partial charge is 0.435 e. The molecule has 0 atom stereocenters. The molecular weight excluding hydrogens is 610 g/mol. The molecule has 0 saturated heterocycles. The van der Waals surface area contributed by atoms with Gasteiger partial charge in [-0.3, -0.25) is 22.1 Å². The lowest BCUT2D eigenvalue weighted by atomic mass is 9.84. The van der Waals surface area contributed by atoms with Crippen LogP contribution >= 0.6 is 16.9 Å². The van der Waals surface area contributed by atoms with Crippen molar-refractivity contribution in [1.82, 2.24) is 17.4 Å². The summed E-state index contributed by atoms with van der Waals surface area (Å²) >= 11 is 0. The van der Waals surface area contributed by atoms with Gasteiger partial charge in [-0.15, -0.1) is 0 Å². The minimum atomic E-state index is -1.36. The highest BCUT2D eigenvalue weighted by atomic mass is 31.2. The van der Waals surface area contributed by atoms with E-state index in [1.165, 1.54) is 0 Å². The van der Waals surface area contributed by atoms with E-state index in [1.54, 1.807) is 0 Å². The lowest BCUT2D eigenvalue weighted by molar-refractivity contribution is 0.103. The minimum absolute atomic E-state index is 0.144. The second-order valence-electron chi connectivity index (χ2n) is 13.2. The average Bonchev–Trinajstić information content (AvgIpc) is 3.86. The van der Waals surface area contributed by atoms with Crippen LogP contribution < -0.4 is 9.05 Å². The van der Waals surface area contributed by atoms with E-state index in [2.05, 4.69) is 41.5 Å². The van der Waals surface area contributed by atoms with Crippen molar-refractivity contribution in [3.8, 4) is 11.5 Å². The Morgan fingerprint density at radius 2 is 0.783 bits per heavy atom. The number of carbonyl (C=O) groups excluding carboxylic acids is 1. The summed E-state index contributed by atoms with van der Waals surface area (Å²) in [6.45, 7) is 13.0. The van der Waals surface area contributed by atoms with Crippen molar-refractivity contribution in [3.63, 3.8) is 0 Å². The Morgan fingerprint density at radius 3 is 1.04 bits per heavy atom. The fourth-order valence-corrected chi connectivity index (χ4v) is 8.05. The topological polar surface area (TPSA) is 55.2 Å². The van der Waals surface area contributed by atoms with Crippen molar-refractivity contribution in [3.05, 3.63) is 157 Å². The van der Waals surface area contributed by atoms with Crippen LogP contribution in [0.4, 0.5) is 0 Å². The summed E-state index contributed by atoms with van der Waals surface area (Å²) in [5.74, 6) is 0.917. The molecule has 6 aromatic rings. The van der Waals surface area contributed by atoms with Crippen molar-refractivity contribution in [2.75, 3.05) is 0 Å². The van der Waals surface area contributed by atoms with Gasteiger partial charge in [-0.1, -0.05) is 53.7 Å². The highest BCUT2D eigenvalue weighted by Crippen LogP contribution is 2.46. The highest BCUT2D eigenvalue weighted by molar-refractivity contribution is 7.49. The summed E-state index contributed by atoms with van der Waals surface area (Å²) in [5.41, 5.74) is 2.85. The molecule has 6 rings (SSSR count). The molecule has 9 heteroatoms. The third kappa shape index (κ3) is 6.77. The van der Waals surface area contributed by atoms with Crippen LogP contribution in [-0.4, -0.2) is 23.1 Å². The van der Waals surface area contributed by atoms with Gasteiger partial charge < -0.3 is 9.05 Å². The second kappa shape index (κ2) is 12.8. The monoisotopic (exact) mass is 650 g/mol. The Morgan fingerprint density at radius 1 is 0.500 bits per heavy atom. The molecule has 7 nitrogen and oxygen atoms in total. The van der Waals surface area contributed by atoms with Gasteiger partial charge >= 0.3 is 16.9 Å². The van der Waals surface area contributed by atoms with Crippen molar-refractivity contribution < 1.29 is 13.8 Å². The molecule has 4 aromatic heterocycles. The second-order valence-corrected chi connectivity index (χ2v) is 16.4. The van der Waals surface area contributed by atoms with E-state index in [1.807, 2.05) is 152 Å². The predicted molar refractivity (Wildman–Crippen MR) is 188 cm³/mol. The van der Waals surface area contributed by atoms with Crippen LogP contribution in [-0.2, 0) is 10.8 Å². The molecule has 0 fully saturated rings. The first-order chi connectivity index (χ1) is 22.0. The molecular formula is C37H40N4O3P2. The average molecular weight is 651 g/mol. The van der Waals surface area contributed by atoms with Crippen LogP contribution in [0.25, 0.3) is 0 Å². The first-order valence-corrected chi connectivity index (χ1v) is 17.6. The summed E-state index contributed by atoms with van der Waals surface area (Å²) in [6.07, 6.45) is 15.9. The Labute approximate surface area is 273 Å². The molecule has 2 aromatic carbocycles. The molecule has 0 unspecified atom stereocenters. The van der Waals surface area contributed by atoms with Crippen LogP contribution in [0, 0.1) is 0 Å². The Balaban J connectivity index is 1.47. The van der Waals surface area contributed by atoms with Crippen LogP contribution in [0.1, 0.15) is 68.6 Å². The minimum Gasteiger partial charge on any atom is -0.435 e. The maximum atomic E-state index is 14.7. The van der Waals surface area contributed by atoms with Crippen molar-refractivity contribution in [2.24, 2.45) is 0 Å². The number of aromatic nitrogens is 4. The summed E-state index contributed by atoms with van der Waals surface area (Å²) in [5, 5.41) is 0. The lowest BCUT2D eigenvalue weighted by Gasteiger charge is -2.26. The van der Waals surface area contributed by atoms with Crippen molar-refractivity contribution in [2.45, 2.75) is 52.4 Å². The molecule has 0 radical (unpaired) electrons. The van der Waals surface area contributed by atoms with Gasteiger partial charge in [0.1, 0.15) is 11.5 Å². The molecule has 46 heavy (non-hydrogen) atoms. The van der Waals surface area contributed by atoms with Gasteiger partial charge in [-0.25, -0.2) is 0 Å². The molecule has 0 spiro atoms. The number of carbonyl (C=O) groups is 1. The summed E-state index contributed by atoms with van der Waals surface area (Å²) in [6, 6.07) is 27.7. The molecule has 0 bridgehead atoms. The number of benzene rings is 2. The summed E-state index contributed by atoms with van der Waals surface area (Å²) in [4.78, 5) is 14.7. The zero-order chi connectivity index (χ0) is 32.5. The maximum Gasteiger partial charge on any atom is 0.317 e. The normalized spacial score (nSPS) is 12.2. The van der Waals surface area contributed by atoms with E-state index in [4.69, 9.17) is 9.05 Å². The first-order valence-electron chi connectivity index (χ1n) is 15.3. The van der Waals surface area contributed by atoms with E-state index < -0.39 is 16.9 Å². The smallest absolute Gasteiger partial charge is 0.317 e. The fraction of sp³-hybridized carbons (Fsp3) is 0.216. The molecule has 0 N–H and O–H groups in total. The summed E-state index contributed by atoms with van der Waals surface area (Å²) in [7, 11) is -2.71. The number of hydrogen-bond donors (Lipinski definition) is 0. The van der Waals surface area contributed by atoms with E-state index in [9.17, 15) is 4.79 Å². The van der Waals surface area contributed by atoms with Gasteiger partial charge in [0.05, 0.1) is 11.1 Å². The van der Waals surface area contributed by atoms with Gasteiger partial charge in [0.15, 0.2) is 0 Å². The summed E-state index contributed by atoms with van der Waals surface area (Å²) < 4.78 is 21.9. The van der Waals surface area contributed by atoms with Gasteiger partial charge in [-0.05, 0) is 94.8 Å². The zero-order valence-electron chi connectivity index (χ0n) is 27.1. The first kappa shape index (κ1) is 31.7. The molecule has 0 aliphatic carbocycles. The molecule has 0 aliphatic rings. The Hall–Kier alpha value is -4.31. The number of nitrogens with zero attached hydrogens (tertiary/aromatic N) is 4. The molecule has 236 valence electrons. The van der Waals surface area contributed by atoms with Crippen LogP contribution in [0.5, 0.6) is 11.5 Å². The third-order valence-electron chi connectivity index (χ3n) is 7.69. The molecule has 0 amide bonds.